The molecular weight excluding hydrogens is 384 g/mol. The van der Waals surface area contributed by atoms with E-state index >= 15 is 0 Å². The third-order valence-electron chi connectivity index (χ3n) is 2.93. The maximum atomic E-state index is 5.88. The highest BCUT2D eigenvalue weighted by atomic mass is 79.9. The zero-order valence-corrected chi connectivity index (χ0v) is 13.7. The third-order valence-corrected chi connectivity index (χ3v) is 4.52. The molecule has 100 valence electrons. The number of nitrogens with zero attached hydrogens (tertiary/aromatic N) is 3. The molecule has 0 saturated heterocycles. The van der Waals surface area contributed by atoms with Crippen molar-refractivity contribution < 1.29 is 0 Å². The number of nitrogens with two attached hydrogens (primary N) is 1. The molecule has 3 rings (SSSR count). The van der Waals surface area contributed by atoms with Crippen LogP contribution in [0.4, 0.5) is 5.82 Å². The number of benzene rings is 1. The summed E-state index contributed by atoms with van der Waals surface area (Å²) >= 11 is 6.89. The average molecular weight is 394 g/mol. The minimum atomic E-state index is 0.411. The Morgan fingerprint density at radius 1 is 1.05 bits per heavy atom. The van der Waals surface area contributed by atoms with Gasteiger partial charge in [-0.05, 0) is 50.9 Å². The molecule has 0 aliphatic carbocycles. The van der Waals surface area contributed by atoms with Gasteiger partial charge in [-0.25, -0.2) is 15.0 Å². The molecule has 2 aromatic heterocycles. The topological polar surface area (TPSA) is 64.7 Å². The summed E-state index contributed by atoms with van der Waals surface area (Å²) < 4.78 is 1.57. The number of hydrogen-bond acceptors (Lipinski definition) is 4. The van der Waals surface area contributed by atoms with Crippen LogP contribution in [-0.2, 0) is 0 Å². The number of pyridine rings is 1. The van der Waals surface area contributed by atoms with Crippen molar-refractivity contribution in [2.24, 2.45) is 0 Å². The summed E-state index contributed by atoms with van der Waals surface area (Å²) in [6.07, 6.45) is 0. The Morgan fingerprint density at radius 2 is 1.80 bits per heavy atom. The van der Waals surface area contributed by atoms with E-state index in [9.17, 15) is 0 Å². The quantitative estimate of drug-likeness (QED) is 0.675. The van der Waals surface area contributed by atoms with Gasteiger partial charge in [0.25, 0.3) is 0 Å². The van der Waals surface area contributed by atoms with Crippen LogP contribution in [0.5, 0.6) is 0 Å². The van der Waals surface area contributed by atoms with E-state index in [1.165, 1.54) is 0 Å². The van der Waals surface area contributed by atoms with Crippen LogP contribution in [0.3, 0.4) is 0 Å². The predicted octanol–water partition coefficient (Wildman–Crippen LogP) is 4.11. The fourth-order valence-corrected chi connectivity index (χ4v) is 2.62. The standard InChI is InChI=1S/C14H10Br2N4/c1-7-11(16)13(17)20-14(18-7)12-9(15)6-8-4-2-3-5-10(8)19-12/h2-6H,1H3,(H2,17,18,20). The van der Waals surface area contributed by atoms with E-state index in [1.54, 1.807) is 0 Å². The molecular formula is C14H10Br2N4. The Balaban J connectivity index is 2.26. The molecule has 3 aromatic rings. The molecule has 0 bridgehead atoms. The smallest absolute Gasteiger partial charge is 0.181 e. The molecule has 0 atom stereocenters. The second-order valence-electron chi connectivity index (χ2n) is 4.34. The molecule has 0 fully saturated rings. The second kappa shape index (κ2) is 5.10. The zero-order chi connectivity index (χ0) is 14.3. The summed E-state index contributed by atoms with van der Waals surface area (Å²) in [4.78, 5) is 13.4. The fraction of sp³-hybridized carbons (Fsp3) is 0.0714. The molecule has 2 N–H and O–H groups in total. The van der Waals surface area contributed by atoms with E-state index in [4.69, 9.17) is 5.73 Å². The Hall–Kier alpha value is -1.53. The predicted molar refractivity (Wildman–Crippen MR) is 87.3 cm³/mol. The first-order chi connectivity index (χ1) is 9.56. The van der Waals surface area contributed by atoms with Crippen molar-refractivity contribution in [3.63, 3.8) is 0 Å². The van der Waals surface area contributed by atoms with Crippen LogP contribution >= 0.6 is 31.9 Å². The first-order valence-corrected chi connectivity index (χ1v) is 7.50. The normalized spacial score (nSPS) is 10.9. The minimum Gasteiger partial charge on any atom is -0.383 e. The SMILES string of the molecule is Cc1nc(-c2nc3ccccc3cc2Br)nc(N)c1Br. The van der Waals surface area contributed by atoms with Crippen molar-refractivity contribution in [2.45, 2.75) is 6.92 Å². The Morgan fingerprint density at radius 3 is 2.55 bits per heavy atom. The van der Waals surface area contributed by atoms with Gasteiger partial charge in [0.15, 0.2) is 5.82 Å². The lowest BCUT2D eigenvalue weighted by Crippen LogP contribution is -2.01. The molecule has 0 aliphatic heterocycles. The lowest BCUT2D eigenvalue weighted by atomic mass is 10.2. The van der Waals surface area contributed by atoms with Crippen LogP contribution in [0.1, 0.15) is 5.69 Å². The van der Waals surface area contributed by atoms with Gasteiger partial charge in [0.2, 0.25) is 0 Å². The molecule has 0 radical (unpaired) electrons. The maximum absolute atomic E-state index is 5.88. The number of rotatable bonds is 1. The molecule has 4 nitrogen and oxygen atoms in total. The van der Waals surface area contributed by atoms with Gasteiger partial charge in [0.1, 0.15) is 11.5 Å². The van der Waals surface area contributed by atoms with Crippen molar-refractivity contribution in [3.05, 3.63) is 45.0 Å². The molecule has 20 heavy (non-hydrogen) atoms. The number of anilines is 1. The monoisotopic (exact) mass is 392 g/mol. The van der Waals surface area contributed by atoms with Gasteiger partial charge in [-0.2, -0.15) is 0 Å². The van der Waals surface area contributed by atoms with E-state index in [2.05, 4.69) is 46.8 Å². The van der Waals surface area contributed by atoms with Gasteiger partial charge in [0.05, 0.1) is 15.7 Å². The van der Waals surface area contributed by atoms with Gasteiger partial charge < -0.3 is 5.73 Å². The highest BCUT2D eigenvalue weighted by Gasteiger charge is 2.13. The first-order valence-electron chi connectivity index (χ1n) is 5.91. The second-order valence-corrected chi connectivity index (χ2v) is 5.99. The first kappa shape index (κ1) is 13.5. The molecule has 0 aliphatic rings. The number of fused-ring (bicyclic) bond motifs is 1. The van der Waals surface area contributed by atoms with Crippen LogP contribution in [0, 0.1) is 6.92 Å². The lowest BCUT2D eigenvalue weighted by Gasteiger charge is -2.08. The van der Waals surface area contributed by atoms with Crippen molar-refractivity contribution in [2.75, 3.05) is 5.73 Å². The average Bonchev–Trinajstić information content (AvgIpc) is 2.43. The van der Waals surface area contributed by atoms with Crippen molar-refractivity contribution in [3.8, 4) is 11.5 Å². The highest BCUT2D eigenvalue weighted by molar-refractivity contribution is 9.11. The largest absolute Gasteiger partial charge is 0.383 e. The van der Waals surface area contributed by atoms with E-state index in [0.29, 0.717) is 17.3 Å². The van der Waals surface area contributed by atoms with Crippen LogP contribution in [0.25, 0.3) is 22.4 Å². The minimum absolute atomic E-state index is 0.411. The Bertz CT molecular complexity index is 794. The number of aryl methyl sites for hydroxylation is 1. The summed E-state index contributed by atoms with van der Waals surface area (Å²) in [5.41, 5.74) is 8.25. The molecule has 0 saturated carbocycles. The number of nitrogen functional groups attached to an aromatic ring is 1. The molecule has 0 unspecified atom stereocenters. The highest BCUT2D eigenvalue weighted by Crippen LogP contribution is 2.30. The molecule has 2 heterocycles. The zero-order valence-electron chi connectivity index (χ0n) is 10.6. The van der Waals surface area contributed by atoms with Crippen LogP contribution in [0.15, 0.2) is 39.3 Å². The van der Waals surface area contributed by atoms with Gasteiger partial charge in [-0.3, -0.25) is 0 Å². The van der Waals surface area contributed by atoms with Crippen LogP contribution in [0.2, 0.25) is 0 Å². The Kier molecular flexibility index (Phi) is 3.43. The Labute approximate surface area is 132 Å². The van der Waals surface area contributed by atoms with Gasteiger partial charge in [0, 0.05) is 9.86 Å². The number of para-hydroxylation sites is 1. The maximum Gasteiger partial charge on any atom is 0.181 e. The van der Waals surface area contributed by atoms with Gasteiger partial charge in [-0.15, -0.1) is 0 Å². The van der Waals surface area contributed by atoms with Crippen LogP contribution in [-0.4, -0.2) is 15.0 Å². The van der Waals surface area contributed by atoms with Crippen LogP contribution < -0.4 is 5.73 Å². The lowest BCUT2D eigenvalue weighted by molar-refractivity contribution is 1.08. The molecule has 6 heteroatoms. The number of halogens is 2. The summed E-state index contributed by atoms with van der Waals surface area (Å²) in [5.74, 6) is 0.926. The molecule has 0 spiro atoms. The van der Waals surface area contributed by atoms with Crippen molar-refractivity contribution in [1.29, 1.82) is 0 Å². The number of aromatic nitrogens is 3. The molecule has 1 aromatic carbocycles. The summed E-state index contributed by atoms with van der Waals surface area (Å²) in [6.45, 7) is 1.88. The van der Waals surface area contributed by atoms with Crippen molar-refractivity contribution in [1.82, 2.24) is 15.0 Å². The van der Waals surface area contributed by atoms with Gasteiger partial charge >= 0.3 is 0 Å². The third kappa shape index (κ3) is 2.29. The van der Waals surface area contributed by atoms with E-state index in [0.717, 1.165) is 25.5 Å². The van der Waals surface area contributed by atoms with E-state index in [1.807, 2.05) is 37.3 Å². The van der Waals surface area contributed by atoms with E-state index in [-0.39, 0.29) is 0 Å². The molecule has 0 amide bonds. The van der Waals surface area contributed by atoms with E-state index < -0.39 is 0 Å². The van der Waals surface area contributed by atoms with Gasteiger partial charge in [-0.1, -0.05) is 18.2 Å². The fourth-order valence-electron chi connectivity index (χ4n) is 1.93. The summed E-state index contributed by atoms with van der Waals surface area (Å²) in [5, 5.41) is 1.06. The number of hydrogen-bond donors (Lipinski definition) is 1. The summed E-state index contributed by atoms with van der Waals surface area (Å²) in [7, 11) is 0. The van der Waals surface area contributed by atoms with Crippen molar-refractivity contribution >= 4 is 48.6 Å². The summed E-state index contributed by atoms with van der Waals surface area (Å²) in [6, 6.07) is 9.91.